The molecule has 1 fully saturated rings. The van der Waals surface area contributed by atoms with E-state index < -0.39 is 18.1 Å². The maximum absolute atomic E-state index is 12.7. The summed E-state index contributed by atoms with van der Waals surface area (Å²) >= 11 is 0. The van der Waals surface area contributed by atoms with Gasteiger partial charge >= 0.3 is 12.1 Å². The molecule has 0 radical (unpaired) electrons. The van der Waals surface area contributed by atoms with E-state index in [-0.39, 0.29) is 25.9 Å². The number of nitrogens with zero attached hydrogens (tertiary/aromatic N) is 1. The number of rotatable bonds is 7. The molecule has 1 aliphatic carbocycles. The van der Waals surface area contributed by atoms with Gasteiger partial charge in [-0.05, 0) is 34.6 Å². The lowest BCUT2D eigenvalue weighted by molar-refractivity contribution is -0.140. The zero-order chi connectivity index (χ0) is 21.1. The Morgan fingerprint density at radius 2 is 1.70 bits per heavy atom. The van der Waals surface area contributed by atoms with Crippen molar-refractivity contribution in [3.05, 3.63) is 59.7 Å². The zero-order valence-electron chi connectivity index (χ0n) is 17.4. The van der Waals surface area contributed by atoms with Gasteiger partial charge in [0.2, 0.25) is 0 Å². The molecule has 4 rings (SSSR count). The minimum atomic E-state index is -0.757. The molecular formula is C24H27NO5. The molecule has 1 aliphatic heterocycles. The summed E-state index contributed by atoms with van der Waals surface area (Å²) in [6, 6.07) is 15.6. The normalized spacial score (nSPS) is 17.8. The Balaban J connectivity index is 1.40. The summed E-state index contributed by atoms with van der Waals surface area (Å²) in [6.45, 7) is 4.98. The second-order valence-electron chi connectivity index (χ2n) is 8.14. The molecule has 2 aromatic carbocycles. The number of ether oxygens (including phenoxy) is 3. The Hall–Kier alpha value is -2.86. The van der Waals surface area contributed by atoms with Crippen LogP contribution in [0, 0.1) is 5.92 Å². The molecule has 2 aromatic rings. The molecule has 6 heteroatoms. The number of fused-ring (bicyclic) bond motifs is 3. The van der Waals surface area contributed by atoms with Crippen LogP contribution in [0.25, 0.3) is 11.1 Å². The molecule has 6 nitrogen and oxygen atoms in total. The average molecular weight is 409 g/mol. The summed E-state index contributed by atoms with van der Waals surface area (Å²) in [5.74, 6) is 0.0353. The molecule has 0 unspecified atom stereocenters. The lowest BCUT2D eigenvalue weighted by atomic mass is 9.98. The van der Waals surface area contributed by atoms with Crippen LogP contribution in [0.15, 0.2) is 48.5 Å². The fourth-order valence-corrected chi connectivity index (χ4v) is 3.98. The van der Waals surface area contributed by atoms with Gasteiger partial charge in [0.25, 0.3) is 0 Å². The highest BCUT2D eigenvalue weighted by Gasteiger charge is 2.39. The molecule has 0 bridgehead atoms. The van der Waals surface area contributed by atoms with Crippen molar-refractivity contribution < 1.29 is 23.8 Å². The molecule has 1 atom stereocenters. The van der Waals surface area contributed by atoms with Crippen LogP contribution >= 0.6 is 0 Å². The number of benzene rings is 2. The number of cyclic esters (lactones) is 1. The van der Waals surface area contributed by atoms with Crippen LogP contribution in [-0.2, 0) is 19.0 Å². The van der Waals surface area contributed by atoms with E-state index in [0.717, 1.165) is 17.5 Å². The van der Waals surface area contributed by atoms with Crippen molar-refractivity contribution >= 4 is 12.1 Å². The van der Waals surface area contributed by atoms with Crippen molar-refractivity contribution in [2.75, 3.05) is 26.6 Å². The predicted molar refractivity (Wildman–Crippen MR) is 112 cm³/mol. The van der Waals surface area contributed by atoms with E-state index in [1.807, 2.05) is 24.3 Å². The first-order valence-corrected chi connectivity index (χ1v) is 10.4. The highest BCUT2D eigenvalue weighted by atomic mass is 16.6. The minimum Gasteiger partial charge on any atom is -0.448 e. The van der Waals surface area contributed by atoms with E-state index >= 15 is 0 Å². The fraction of sp³-hybridized carbons (Fsp3) is 0.417. The Labute approximate surface area is 176 Å². The van der Waals surface area contributed by atoms with E-state index in [1.165, 1.54) is 16.0 Å². The van der Waals surface area contributed by atoms with Crippen LogP contribution in [0.5, 0.6) is 0 Å². The third-order valence-corrected chi connectivity index (χ3v) is 5.68. The number of carbonyl (C=O) groups excluding carboxylic acids is 2. The molecule has 1 heterocycles. The number of esters is 1. The van der Waals surface area contributed by atoms with Crippen LogP contribution in [0.4, 0.5) is 4.79 Å². The molecule has 30 heavy (non-hydrogen) atoms. The van der Waals surface area contributed by atoms with Gasteiger partial charge < -0.3 is 14.2 Å². The first-order valence-electron chi connectivity index (χ1n) is 10.4. The predicted octanol–water partition coefficient (Wildman–Crippen LogP) is 4.18. The van der Waals surface area contributed by atoms with Crippen LogP contribution in [0.1, 0.15) is 37.3 Å². The van der Waals surface area contributed by atoms with Gasteiger partial charge in [0.15, 0.2) is 12.8 Å². The minimum absolute atomic E-state index is 0.0266. The first-order chi connectivity index (χ1) is 14.6. The molecular weight excluding hydrogens is 382 g/mol. The van der Waals surface area contributed by atoms with Gasteiger partial charge in [-0.15, -0.1) is 0 Å². The largest absolute Gasteiger partial charge is 0.448 e. The number of hydrogen-bond donors (Lipinski definition) is 0. The van der Waals surface area contributed by atoms with Gasteiger partial charge in [0.05, 0.1) is 6.61 Å². The molecule has 158 valence electrons. The van der Waals surface area contributed by atoms with Gasteiger partial charge in [0, 0.05) is 12.5 Å². The smallest absolute Gasteiger partial charge is 0.413 e. The van der Waals surface area contributed by atoms with E-state index in [9.17, 15) is 9.59 Å². The fourth-order valence-electron chi connectivity index (χ4n) is 3.98. The number of carbonyl (C=O) groups is 2. The number of amides is 1. The molecule has 0 N–H and O–H groups in total. The third-order valence-electron chi connectivity index (χ3n) is 5.68. The van der Waals surface area contributed by atoms with Crippen molar-refractivity contribution in [2.45, 2.75) is 32.2 Å². The van der Waals surface area contributed by atoms with Crippen LogP contribution in [-0.4, -0.2) is 49.6 Å². The summed E-state index contributed by atoms with van der Waals surface area (Å²) in [4.78, 5) is 26.1. The van der Waals surface area contributed by atoms with Crippen LogP contribution < -0.4 is 0 Å². The van der Waals surface area contributed by atoms with Crippen LogP contribution in [0.3, 0.4) is 0 Å². The average Bonchev–Trinajstić information content (AvgIpc) is 3.27. The summed E-state index contributed by atoms with van der Waals surface area (Å²) in [7, 11) is 0. The SMILES string of the molecule is CC(C)CCOC[C@H]1C(=O)OCN1C(=O)OCC1c2ccccc2-c2ccccc21. The van der Waals surface area contributed by atoms with Crippen molar-refractivity contribution in [3.63, 3.8) is 0 Å². The third kappa shape index (κ3) is 4.05. The molecule has 0 aromatic heterocycles. The quantitative estimate of drug-likeness (QED) is 0.507. The van der Waals surface area contributed by atoms with Gasteiger partial charge in [-0.25, -0.2) is 9.59 Å². The maximum atomic E-state index is 12.7. The Bertz CT molecular complexity index is 880. The molecule has 1 amide bonds. The van der Waals surface area contributed by atoms with Gasteiger partial charge in [-0.2, -0.15) is 0 Å². The van der Waals surface area contributed by atoms with Gasteiger partial charge in [0.1, 0.15) is 6.61 Å². The first kappa shape index (κ1) is 20.4. The van der Waals surface area contributed by atoms with E-state index in [1.54, 1.807) is 0 Å². The van der Waals surface area contributed by atoms with Crippen LogP contribution in [0.2, 0.25) is 0 Å². The summed E-state index contributed by atoms with van der Waals surface area (Å²) < 4.78 is 16.3. The highest BCUT2D eigenvalue weighted by Crippen LogP contribution is 2.44. The Morgan fingerprint density at radius 3 is 2.33 bits per heavy atom. The maximum Gasteiger partial charge on any atom is 0.413 e. The lowest BCUT2D eigenvalue weighted by Crippen LogP contribution is -2.42. The van der Waals surface area contributed by atoms with Gasteiger partial charge in [-0.3, -0.25) is 4.90 Å². The van der Waals surface area contributed by atoms with E-state index in [4.69, 9.17) is 14.2 Å². The molecule has 1 saturated heterocycles. The highest BCUT2D eigenvalue weighted by molar-refractivity contribution is 5.84. The zero-order valence-corrected chi connectivity index (χ0v) is 17.4. The summed E-state index contributed by atoms with van der Waals surface area (Å²) in [5.41, 5.74) is 4.64. The summed E-state index contributed by atoms with van der Waals surface area (Å²) in [5, 5.41) is 0. The molecule has 0 saturated carbocycles. The van der Waals surface area contributed by atoms with Crippen molar-refractivity contribution in [1.29, 1.82) is 0 Å². The lowest BCUT2D eigenvalue weighted by Gasteiger charge is -2.21. The monoisotopic (exact) mass is 409 g/mol. The molecule has 2 aliphatic rings. The number of hydrogen-bond acceptors (Lipinski definition) is 5. The Kier molecular flexibility index (Phi) is 6.04. The second-order valence-corrected chi connectivity index (χ2v) is 8.14. The molecule has 0 spiro atoms. The topological polar surface area (TPSA) is 65.1 Å². The van der Waals surface area contributed by atoms with Crippen molar-refractivity contribution in [3.8, 4) is 11.1 Å². The Morgan fingerprint density at radius 1 is 1.07 bits per heavy atom. The van der Waals surface area contributed by atoms with Crippen molar-refractivity contribution in [1.82, 2.24) is 4.90 Å². The standard InChI is InChI=1S/C24H27NO5/c1-16(2)11-12-28-14-22-23(26)30-15-25(22)24(27)29-13-21-19-9-5-3-7-17(19)18-8-4-6-10-20(18)21/h3-10,16,21-22H,11-15H2,1-2H3/t22-/m0/s1. The van der Waals surface area contributed by atoms with Crippen molar-refractivity contribution in [2.24, 2.45) is 5.92 Å². The second kappa shape index (κ2) is 8.88. The van der Waals surface area contributed by atoms with E-state index in [2.05, 4.69) is 38.1 Å². The summed E-state index contributed by atoms with van der Waals surface area (Å²) in [6.07, 6.45) is 0.340. The van der Waals surface area contributed by atoms with E-state index in [0.29, 0.717) is 12.5 Å². The van der Waals surface area contributed by atoms with Gasteiger partial charge in [-0.1, -0.05) is 62.4 Å².